The maximum absolute atomic E-state index is 13.2. The van der Waals surface area contributed by atoms with Crippen molar-refractivity contribution in [2.45, 2.75) is 71.4 Å². The van der Waals surface area contributed by atoms with Gasteiger partial charge in [-0.25, -0.2) is 0 Å². The number of allylic oxidation sites excluding steroid dienone is 2. The third-order valence-corrected chi connectivity index (χ3v) is 6.85. The molecule has 1 aliphatic carbocycles. The Morgan fingerprint density at radius 1 is 1.27 bits per heavy atom. The highest BCUT2D eigenvalue weighted by Crippen LogP contribution is 2.39. The maximum atomic E-state index is 13.2. The van der Waals surface area contributed by atoms with Crippen LogP contribution < -0.4 is 0 Å². The Bertz CT molecular complexity index is 760. The third kappa shape index (κ3) is 5.71. The highest BCUT2D eigenvalue weighted by molar-refractivity contribution is 5.85. The molecule has 1 saturated heterocycles. The predicted molar refractivity (Wildman–Crippen MR) is 127 cm³/mol. The van der Waals surface area contributed by atoms with Gasteiger partial charge in [-0.3, -0.25) is 9.79 Å². The molecule has 0 bridgehead atoms. The van der Waals surface area contributed by atoms with Crippen LogP contribution in [0.15, 0.2) is 59.6 Å². The van der Waals surface area contributed by atoms with Crippen LogP contribution in [0.4, 0.5) is 0 Å². The van der Waals surface area contributed by atoms with Crippen molar-refractivity contribution in [3.05, 3.63) is 60.2 Å². The molecular weight excluding hydrogens is 368 g/mol. The highest BCUT2D eigenvalue weighted by Gasteiger charge is 2.42. The summed E-state index contributed by atoms with van der Waals surface area (Å²) in [5, 5.41) is 0. The van der Waals surface area contributed by atoms with E-state index in [1.807, 2.05) is 12.3 Å². The molecule has 1 aliphatic heterocycles. The van der Waals surface area contributed by atoms with Crippen LogP contribution in [0.2, 0.25) is 0 Å². The molecule has 3 nitrogen and oxygen atoms in total. The summed E-state index contributed by atoms with van der Waals surface area (Å²) in [6.45, 7) is 11.7. The molecule has 2 aliphatic rings. The summed E-state index contributed by atoms with van der Waals surface area (Å²) in [5.74, 6) is 1.63. The van der Waals surface area contributed by atoms with Gasteiger partial charge in [-0.1, -0.05) is 69.3 Å². The van der Waals surface area contributed by atoms with Gasteiger partial charge in [-0.05, 0) is 62.0 Å². The zero-order valence-electron chi connectivity index (χ0n) is 19.0. The quantitative estimate of drug-likeness (QED) is 0.373. The number of carbonyl (C=O) groups excluding carboxylic acids is 1. The Labute approximate surface area is 183 Å². The minimum atomic E-state index is 0.126. The fourth-order valence-corrected chi connectivity index (χ4v) is 4.53. The number of aliphatic imine (C=N–C) groups is 1. The monoisotopic (exact) mass is 406 g/mol. The van der Waals surface area contributed by atoms with Crippen LogP contribution in [0.25, 0.3) is 0 Å². The fraction of sp³-hybridized carbons (Fsp3) is 0.556. The van der Waals surface area contributed by atoms with E-state index in [1.54, 1.807) is 0 Å². The molecule has 1 saturated carbocycles. The van der Waals surface area contributed by atoms with Crippen molar-refractivity contribution in [2.75, 3.05) is 6.54 Å². The molecule has 0 N–H and O–H groups in total. The molecule has 0 radical (unpaired) electrons. The SMILES string of the molecule is C=C(C=NCC(C)CC)[C@@H]1CC[C@@H](C)N1C(=O)C1CC(/C=C/Cc2ccccc2)C1. The summed E-state index contributed by atoms with van der Waals surface area (Å²) < 4.78 is 0. The van der Waals surface area contributed by atoms with Gasteiger partial charge in [0.2, 0.25) is 5.91 Å². The van der Waals surface area contributed by atoms with Crippen molar-refractivity contribution >= 4 is 12.1 Å². The number of amides is 1. The van der Waals surface area contributed by atoms with Crippen LogP contribution in [0.3, 0.4) is 0 Å². The number of nitrogens with zero attached hydrogens (tertiary/aromatic N) is 2. The van der Waals surface area contributed by atoms with Crippen LogP contribution in [0.1, 0.15) is 58.4 Å². The predicted octanol–water partition coefficient (Wildman–Crippen LogP) is 5.86. The van der Waals surface area contributed by atoms with Gasteiger partial charge in [0.15, 0.2) is 0 Å². The van der Waals surface area contributed by atoms with Crippen LogP contribution in [-0.2, 0) is 11.2 Å². The smallest absolute Gasteiger partial charge is 0.226 e. The van der Waals surface area contributed by atoms with Gasteiger partial charge in [-0.2, -0.15) is 0 Å². The second-order valence-corrected chi connectivity index (χ2v) is 9.32. The van der Waals surface area contributed by atoms with Gasteiger partial charge in [0.25, 0.3) is 0 Å². The largest absolute Gasteiger partial charge is 0.333 e. The molecule has 1 aromatic carbocycles. The van der Waals surface area contributed by atoms with Gasteiger partial charge in [0.05, 0.1) is 6.04 Å². The number of benzene rings is 1. The standard InChI is InChI=1S/C27H38N2O/c1-5-20(2)18-28-19-21(3)26-15-14-22(4)29(26)27(30)25-16-24(17-25)13-9-12-23-10-7-6-8-11-23/h6-11,13,19-20,22,24-26H,3,5,12,14-18H2,1-2,4H3/b13-9+,28-19?/t20?,22-,24?,25?,26+/m1/s1. The van der Waals surface area contributed by atoms with Crippen molar-refractivity contribution in [1.29, 1.82) is 0 Å². The average Bonchev–Trinajstić information content (AvgIpc) is 3.11. The summed E-state index contributed by atoms with van der Waals surface area (Å²) in [6.07, 6.45) is 12.6. The van der Waals surface area contributed by atoms with E-state index in [2.05, 4.69) is 73.7 Å². The van der Waals surface area contributed by atoms with Crippen LogP contribution in [-0.4, -0.2) is 35.7 Å². The first kappa shape index (κ1) is 22.5. The van der Waals surface area contributed by atoms with Gasteiger partial charge in [-0.15, -0.1) is 0 Å². The van der Waals surface area contributed by atoms with Gasteiger partial charge in [0, 0.05) is 24.7 Å². The molecule has 30 heavy (non-hydrogen) atoms. The van der Waals surface area contributed by atoms with Crippen molar-refractivity contribution in [2.24, 2.45) is 22.7 Å². The Kier molecular flexibility index (Phi) is 8.07. The molecule has 1 heterocycles. The molecule has 0 aromatic heterocycles. The number of carbonyl (C=O) groups is 1. The van der Waals surface area contributed by atoms with Gasteiger partial charge in [0.1, 0.15) is 0 Å². The highest BCUT2D eigenvalue weighted by atomic mass is 16.2. The Balaban J connectivity index is 1.49. The van der Waals surface area contributed by atoms with Gasteiger partial charge >= 0.3 is 0 Å². The summed E-state index contributed by atoms with van der Waals surface area (Å²) in [6, 6.07) is 11.0. The van der Waals surface area contributed by atoms with E-state index in [4.69, 9.17) is 0 Å². The normalized spacial score (nSPS) is 27.5. The second kappa shape index (κ2) is 10.7. The molecule has 3 heteroatoms. The lowest BCUT2D eigenvalue weighted by Crippen LogP contribution is -2.47. The van der Waals surface area contributed by atoms with E-state index in [-0.39, 0.29) is 12.0 Å². The van der Waals surface area contributed by atoms with Crippen molar-refractivity contribution in [3.8, 4) is 0 Å². The lowest BCUT2D eigenvalue weighted by Gasteiger charge is -2.39. The summed E-state index contributed by atoms with van der Waals surface area (Å²) in [4.78, 5) is 19.9. The van der Waals surface area contributed by atoms with Crippen molar-refractivity contribution in [3.63, 3.8) is 0 Å². The van der Waals surface area contributed by atoms with E-state index < -0.39 is 0 Å². The van der Waals surface area contributed by atoms with Crippen LogP contribution >= 0.6 is 0 Å². The van der Waals surface area contributed by atoms with E-state index in [9.17, 15) is 4.79 Å². The summed E-state index contributed by atoms with van der Waals surface area (Å²) >= 11 is 0. The zero-order chi connectivity index (χ0) is 21.5. The topological polar surface area (TPSA) is 32.7 Å². The van der Waals surface area contributed by atoms with E-state index in [0.717, 1.165) is 50.6 Å². The Hall–Kier alpha value is -2.16. The maximum Gasteiger partial charge on any atom is 0.226 e. The van der Waals surface area contributed by atoms with Crippen LogP contribution in [0, 0.1) is 17.8 Å². The minimum absolute atomic E-state index is 0.126. The lowest BCUT2D eigenvalue weighted by molar-refractivity contribution is -0.141. The van der Waals surface area contributed by atoms with Crippen molar-refractivity contribution < 1.29 is 4.79 Å². The molecule has 1 amide bonds. The number of hydrogen-bond donors (Lipinski definition) is 0. The third-order valence-electron chi connectivity index (χ3n) is 6.85. The second-order valence-electron chi connectivity index (χ2n) is 9.32. The first-order chi connectivity index (χ1) is 14.5. The van der Waals surface area contributed by atoms with E-state index in [0.29, 0.717) is 23.8 Å². The molecule has 3 rings (SSSR count). The van der Waals surface area contributed by atoms with Crippen molar-refractivity contribution in [1.82, 2.24) is 4.90 Å². The zero-order valence-corrected chi connectivity index (χ0v) is 19.0. The molecule has 1 aromatic rings. The molecule has 0 spiro atoms. The first-order valence-corrected chi connectivity index (χ1v) is 11.7. The summed E-state index contributed by atoms with van der Waals surface area (Å²) in [5.41, 5.74) is 2.33. The lowest BCUT2D eigenvalue weighted by atomic mass is 9.73. The fourth-order valence-electron chi connectivity index (χ4n) is 4.53. The van der Waals surface area contributed by atoms with E-state index >= 15 is 0 Å². The Morgan fingerprint density at radius 2 is 2.00 bits per heavy atom. The molecule has 2 fully saturated rings. The molecule has 1 unspecified atom stereocenters. The number of rotatable bonds is 9. The van der Waals surface area contributed by atoms with Crippen LogP contribution in [0.5, 0.6) is 0 Å². The van der Waals surface area contributed by atoms with Gasteiger partial charge < -0.3 is 4.90 Å². The Morgan fingerprint density at radius 3 is 2.70 bits per heavy atom. The molecule has 3 atom stereocenters. The average molecular weight is 407 g/mol. The van der Waals surface area contributed by atoms with E-state index in [1.165, 1.54) is 5.56 Å². The first-order valence-electron chi connectivity index (χ1n) is 11.7. The number of hydrogen-bond acceptors (Lipinski definition) is 2. The molecule has 162 valence electrons. The molecular formula is C27H38N2O. The summed E-state index contributed by atoms with van der Waals surface area (Å²) in [7, 11) is 0. The number of likely N-dealkylation sites (tertiary alicyclic amines) is 1. The minimum Gasteiger partial charge on any atom is -0.333 e.